The molecule has 0 saturated heterocycles. The molecule has 3 heteroatoms. The van der Waals surface area contributed by atoms with Crippen LogP contribution in [0.15, 0.2) is 15.9 Å². The maximum Gasteiger partial charge on any atom is 0.0895 e. The van der Waals surface area contributed by atoms with Crippen LogP contribution in [-0.4, -0.2) is 5.11 Å². The van der Waals surface area contributed by atoms with Gasteiger partial charge in [-0.3, -0.25) is 0 Å². The largest absolute Gasteiger partial charge is 0.388 e. The molecule has 0 bridgehead atoms. The summed E-state index contributed by atoms with van der Waals surface area (Å²) in [6, 6.07) is 1.98. The molecule has 1 rings (SSSR count). The lowest BCUT2D eigenvalue weighted by atomic mass is 10.1. The molecule has 1 aromatic rings. The highest BCUT2D eigenvalue weighted by molar-refractivity contribution is 9.10. The first-order chi connectivity index (χ1) is 5.61. The average Bonchev–Trinajstić information content (AvgIpc) is 2.33. The van der Waals surface area contributed by atoms with Crippen LogP contribution in [0.5, 0.6) is 0 Å². The fourth-order valence-electron chi connectivity index (χ4n) is 1.10. The summed E-state index contributed by atoms with van der Waals surface area (Å²) in [6.07, 6.45) is 0.526. The summed E-state index contributed by atoms with van der Waals surface area (Å²) in [5.74, 6) is 0.536. The summed E-state index contributed by atoms with van der Waals surface area (Å²) in [6.45, 7) is 4.23. The van der Waals surface area contributed by atoms with E-state index in [-0.39, 0.29) is 6.10 Å². The molecule has 0 spiro atoms. The third-order valence-electron chi connectivity index (χ3n) is 1.64. The van der Waals surface area contributed by atoms with Crippen molar-refractivity contribution in [2.45, 2.75) is 26.4 Å². The zero-order chi connectivity index (χ0) is 9.14. The maximum atomic E-state index is 9.74. The predicted octanol–water partition coefficient (Wildman–Crippen LogP) is 3.59. The second-order valence-corrected chi connectivity index (χ2v) is 5.08. The minimum atomic E-state index is -0.306. The third kappa shape index (κ3) is 2.57. The maximum absolute atomic E-state index is 9.74. The van der Waals surface area contributed by atoms with E-state index in [2.05, 4.69) is 29.8 Å². The lowest BCUT2D eigenvalue weighted by Crippen LogP contribution is -2.00. The first-order valence-corrected chi connectivity index (χ1v) is 5.69. The van der Waals surface area contributed by atoms with Crippen molar-refractivity contribution in [1.29, 1.82) is 0 Å². The predicted molar refractivity (Wildman–Crippen MR) is 56.4 cm³/mol. The zero-order valence-electron chi connectivity index (χ0n) is 7.25. The number of halogens is 1. The van der Waals surface area contributed by atoms with E-state index in [1.807, 2.05) is 11.4 Å². The summed E-state index contributed by atoms with van der Waals surface area (Å²) in [5.41, 5.74) is 0. The Morgan fingerprint density at radius 1 is 1.58 bits per heavy atom. The van der Waals surface area contributed by atoms with Crippen LogP contribution in [0.4, 0.5) is 0 Å². The van der Waals surface area contributed by atoms with E-state index in [0.717, 1.165) is 15.8 Å². The van der Waals surface area contributed by atoms with Gasteiger partial charge in [0, 0.05) is 9.35 Å². The summed E-state index contributed by atoms with van der Waals surface area (Å²) in [4.78, 5) is 1.05. The molecule has 1 unspecified atom stereocenters. The molecule has 1 N–H and O–H groups in total. The van der Waals surface area contributed by atoms with E-state index >= 15 is 0 Å². The highest BCUT2D eigenvalue weighted by Gasteiger charge is 2.13. The van der Waals surface area contributed by atoms with Crippen molar-refractivity contribution in [3.63, 3.8) is 0 Å². The molecule has 0 aromatic carbocycles. The molecule has 0 aliphatic heterocycles. The van der Waals surface area contributed by atoms with Crippen molar-refractivity contribution in [3.05, 3.63) is 20.8 Å². The number of hydrogen-bond donors (Lipinski definition) is 1. The zero-order valence-corrected chi connectivity index (χ0v) is 9.65. The van der Waals surface area contributed by atoms with Gasteiger partial charge in [-0.2, -0.15) is 0 Å². The molecule has 12 heavy (non-hydrogen) atoms. The van der Waals surface area contributed by atoms with Crippen molar-refractivity contribution in [2.75, 3.05) is 0 Å². The van der Waals surface area contributed by atoms with Gasteiger partial charge in [0.15, 0.2) is 0 Å². The quantitative estimate of drug-likeness (QED) is 0.867. The molecule has 0 amide bonds. The van der Waals surface area contributed by atoms with Gasteiger partial charge >= 0.3 is 0 Å². The Morgan fingerprint density at radius 2 is 2.25 bits per heavy atom. The van der Waals surface area contributed by atoms with E-state index in [9.17, 15) is 5.11 Å². The van der Waals surface area contributed by atoms with Crippen LogP contribution in [0, 0.1) is 5.92 Å². The second-order valence-electron chi connectivity index (χ2n) is 3.28. The number of rotatable bonds is 3. The fraction of sp³-hybridized carbons (Fsp3) is 0.556. The third-order valence-corrected chi connectivity index (χ3v) is 3.61. The van der Waals surface area contributed by atoms with E-state index in [1.165, 1.54) is 0 Å². The Labute approximate surface area is 85.6 Å². The average molecular weight is 249 g/mol. The van der Waals surface area contributed by atoms with Crippen LogP contribution in [0.1, 0.15) is 31.2 Å². The number of aliphatic hydroxyl groups excluding tert-OH is 1. The van der Waals surface area contributed by atoms with E-state index in [1.54, 1.807) is 11.3 Å². The smallest absolute Gasteiger partial charge is 0.0895 e. The molecule has 1 atom stereocenters. The Bertz CT molecular complexity index is 244. The fourth-order valence-corrected chi connectivity index (χ4v) is 2.73. The topological polar surface area (TPSA) is 20.2 Å². The van der Waals surface area contributed by atoms with E-state index in [0.29, 0.717) is 5.92 Å². The second kappa shape index (κ2) is 4.40. The van der Waals surface area contributed by atoms with Gasteiger partial charge in [-0.05, 0) is 39.7 Å². The van der Waals surface area contributed by atoms with E-state index in [4.69, 9.17) is 0 Å². The first-order valence-electron chi connectivity index (χ1n) is 4.02. The molecule has 0 fully saturated rings. The van der Waals surface area contributed by atoms with Crippen LogP contribution >= 0.6 is 27.3 Å². The Morgan fingerprint density at radius 3 is 2.67 bits per heavy atom. The molecule has 68 valence electrons. The molecular weight excluding hydrogens is 236 g/mol. The van der Waals surface area contributed by atoms with Gasteiger partial charge in [0.2, 0.25) is 0 Å². The summed E-state index contributed by atoms with van der Waals surface area (Å²) in [7, 11) is 0. The van der Waals surface area contributed by atoms with Gasteiger partial charge < -0.3 is 5.11 Å². The Hall–Kier alpha value is 0.140. The minimum Gasteiger partial charge on any atom is -0.388 e. The highest BCUT2D eigenvalue weighted by atomic mass is 79.9. The Kier molecular flexibility index (Phi) is 3.75. The van der Waals surface area contributed by atoms with Crippen LogP contribution in [0.25, 0.3) is 0 Å². The monoisotopic (exact) mass is 248 g/mol. The van der Waals surface area contributed by atoms with Gasteiger partial charge in [0.25, 0.3) is 0 Å². The van der Waals surface area contributed by atoms with Gasteiger partial charge in [0.1, 0.15) is 0 Å². The highest BCUT2D eigenvalue weighted by Crippen LogP contribution is 2.32. The summed E-state index contributed by atoms with van der Waals surface area (Å²) in [5, 5.41) is 11.7. The molecule has 0 aliphatic carbocycles. The SMILES string of the molecule is CC(C)CC(O)c1sccc1Br. The number of hydrogen-bond acceptors (Lipinski definition) is 2. The Balaban J connectivity index is 2.65. The molecule has 1 nitrogen and oxygen atoms in total. The van der Waals surface area contributed by atoms with Crippen LogP contribution in [0.2, 0.25) is 0 Å². The van der Waals surface area contributed by atoms with Gasteiger partial charge in [0.05, 0.1) is 6.10 Å². The minimum absolute atomic E-state index is 0.306. The number of aliphatic hydroxyl groups is 1. The van der Waals surface area contributed by atoms with Crippen molar-refractivity contribution in [2.24, 2.45) is 5.92 Å². The number of thiophene rings is 1. The van der Waals surface area contributed by atoms with Gasteiger partial charge in [-0.15, -0.1) is 11.3 Å². The molecule has 1 heterocycles. The molecule has 1 aromatic heterocycles. The van der Waals surface area contributed by atoms with Crippen LogP contribution in [-0.2, 0) is 0 Å². The lowest BCUT2D eigenvalue weighted by Gasteiger charge is -2.11. The van der Waals surface area contributed by atoms with E-state index < -0.39 is 0 Å². The standard InChI is InChI=1S/C9H13BrOS/c1-6(2)5-8(11)9-7(10)3-4-12-9/h3-4,6,8,11H,5H2,1-2H3. The summed E-state index contributed by atoms with van der Waals surface area (Å²) < 4.78 is 1.03. The molecule has 0 saturated carbocycles. The van der Waals surface area contributed by atoms with Crippen LogP contribution in [0.3, 0.4) is 0 Å². The van der Waals surface area contributed by atoms with Crippen molar-refractivity contribution in [1.82, 2.24) is 0 Å². The van der Waals surface area contributed by atoms with Gasteiger partial charge in [-0.1, -0.05) is 13.8 Å². The summed E-state index contributed by atoms with van der Waals surface area (Å²) >= 11 is 5.01. The van der Waals surface area contributed by atoms with Crippen molar-refractivity contribution in [3.8, 4) is 0 Å². The van der Waals surface area contributed by atoms with Crippen molar-refractivity contribution >= 4 is 27.3 Å². The van der Waals surface area contributed by atoms with Crippen LogP contribution < -0.4 is 0 Å². The van der Waals surface area contributed by atoms with Gasteiger partial charge in [-0.25, -0.2) is 0 Å². The molecular formula is C9H13BrOS. The lowest BCUT2D eigenvalue weighted by molar-refractivity contribution is 0.154. The first kappa shape index (κ1) is 10.2. The molecule has 0 radical (unpaired) electrons. The normalized spacial score (nSPS) is 13.8. The van der Waals surface area contributed by atoms with Crippen molar-refractivity contribution < 1.29 is 5.11 Å². The molecule has 0 aliphatic rings.